The van der Waals surface area contributed by atoms with E-state index in [9.17, 15) is 4.39 Å². The fourth-order valence-corrected chi connectivity index (χ4v) is 5.48. The summed E-state index contributed by atoms with van der Waals surface area (Å²) < 4.78 is 14.4. The summed E-state index contributed by atoms with van der Waals surface area (Å²) in [5.41, 5.74) is 4.66. The zero-order chi connectivity index (χ0) is 26.4. The van der Waals surface area contributed by atoms with Crippen molar-refractivity contribution in [2.75, 3.05) is 0 Å². The van der Waals surface area contributed by atoms with Crippen LogP contribution in [0.25, 0.3) is 33.4 Å². The Balaban J connectivity index is 1.66. The predicted molar refractivity (Wildman–Crippen MR) is 157 cm³/mol. The van der Waals surface area contributed by atoms with Gasteiger partial charge in [0.2, 0.25) is 0 Å². The average molecular weight is 540 g/mol. The minimum Gasteiger partial charge on any atom is -0.341 e. The smallest absolute Gasteiger partial charge is 0.139 e. The number of fused-ring (bicyclic) bond motifs is 1. The second-order valence-electron chi connectivity index (χ2n) is 10.3. The van der Waals surface area contributed by atoms with E-state index in [1.54, 1.807) is 6.07 Å². The number of aromatic nitrogens is 2. The van der Waals surface area contributed by atoms with E-state index < -0.39 is 0 Å². The molecular weight excluding hydrogens is 502 g/mol. The van der Waals surface area contributed by atoms with E-state index in [2.05, 4.69) is 25.8 Å². The molecule has 196 valence electrons. The van der Waals surface area contributed by atoms with Gasteiger partial charge in [-0.25, -0.2) is 9.37 Å². The molecule has 0 unspecified atom stereocenters. The fraction of sp³-hybridized carbons (Fsp3) is 0.406. The molecule has 3 aromatic carbocycles. The number of aromatic amines is 1. The van der Waals surface area contributed by atoms with Crippen LogP contribution in [0.2, 0.25) is 10.0 Å². The Labute approximate surface area is 230 Å². The zero-order valence-corrected chi connectivity index (χ0v) is 23.7. The number of H-pyrrole nitrogens is 1. The van der Waals surface area contributed by atoms with E-state index in [-0.39, 0.29) is 11.7 Å². The molecule has 1 N–H and O–H groups in total. The number of aryl methyl sites for hydroxylation is 1. The molecular formula is C32H37Cl2FN2. The molecule has 4 rings (SSSR count). The SMILES string of the molecule is CCCCCCCCCCc1[nH]c(-c2cc3ccc(Cl)cc3cc2Cl)nc1-c1cc(F)ccc1C(C)C. The van der Waals surface area contributed by atoms with Gasteiger partial charge in [-0.05, 0) is 71.5 Å². The van der Waals surface area contributed by atoms with Gasteiger partial charge in [0.25, 0.3) is 0 Å². The van der Waals surface area contributed by atoms with Crippen molar-refractivity contribution in [3.05, 3.63) is 75.7 Å². The molecule has 4 aromatic rings. The maximum atomic E-state index is 14.4. The van der Waals surface area contributed by atoms with Gasteiger partial charge >= 0.3 is 0 Å². The van der Waals surface area contributed by atoms with Gasteiger partial charge in [0.05, 0.1) is 10.7 Å². The lowest BCUT2D eigenvalue weighted by atomic mass is 9.93. The Kier molecular flexibility index (Phi) is 9.67. The molecule has 0 aliphatic carbocycles. The monoisotopic (exact) mass is 538 g/mol. The predicted octanol–water partition coefficient (Wildman–Crippen LogP) is 11.1. The molecule has 0 radical (unpaired) electrons. The highest BCUT2D eigenvalue weighted by molar-refractivity contribution is 6.34. The van der Waals surface area contributed by atoms with Gasteiger partial charge in [-0.3, -0.25) is 0 Å². The first-order chi connectivity index (χ1) is 17.9. The van der Waals surface area contributed by atoms with Crippen molar-refractivity contribution in [2.24, 2.45) is 0 Å². The normalized spacial score (nSPS) is 11.6. The molecule has 0 atom stereocenters. The van der Waals surface area contributed by atoms with Crippen molar-refractivity contribution < 1.29 is 4.39 Å². The second-order valence-corrected chi connectivity index (χ2v) is 11.2. The van der Waals surface area contributed by atoms with E-state index in [1.807, 2.05) is 36.4 Å². The van der Waals surface area contributed by atoms with Crippen LogP contribution in [0.4, 0.5) is 4.39 Å². The van der Waals surface area contributed by atoms with Gasteiger partial charge in [-0.2, -0.15) is 0 Å². The molecule has 37 heavy (non-hydrogen) atoms. The maximum absolute atomic E-state index is 14.4. The number of hydrogen-bond acceptors (Lipinski definition) is 1. The van der Waals surface area contributed by atoms with Gasteiger partial charge in [0.15, 0.2) is 0 Å². The molecule has 0 bridgehead atoms. The highest BCUT2D eigenvalue weighted by Crippen LogP contribution is 2.37. The van der Waals surface area contributed by atoms with Gasteiger partial charge in [-0.15, -0.1) is 0 Å². The first kappa shape index (κ1) is 27.7. The number of unbranched alkanes of at least 4 members (excludes halogenated alkanes) is 7. The Bertz CT molecular complexity index is 1340. The summed E-state index contributed by atoms with van der Waals surface area (Å²) >= 11 is 12.9. The quantitative estimate of drug-likeness (QED) is 0.178. The van der Waals surface area contributed by atoms with Crippen LogP contribution in [0, 0.1) is 5.82 Å². The lowest BCUT2D eigenvalue weighted by Crippen LogP contribution is -1.97. The third-order valence-corrected chi connectivity index (χ3v) is 7.64. The first-order valence-corrected chi connectivity index (χ1v) is 14.4. The molecule has 5 heteroatoms. The van der Waals surface area contributed by atoms with Crippen molar-refractivity contribution in [3.8, 4) is 22.6 Å². The van der Waals surface area contributed by atoms with Gasteiger partial charge in [-0.1, -0.05) is 101 Å². The van der Waals surface area contributed by atoms with Crippen LogP contribution in [0.3, 0.4) is 0 Å². The maximum Gasteiger partial charge on any atom is 0.139 e. The molecule has 2 nitrogen and oxygen atoms in total. The number of nitrogens with one attached hydrogen (secondary N) is 1. The summed E-state index contributed by atoms with van der Waals surface area (Å²) in [6.07, 6.45) is 10.9. The number of benzene rings is 3. The summed E-state index contributed by atoms with van der Waals surface area (Å²) in [5, 5.41) is 3.31. The van der Waals surface area contributed by atoms with Crippen molar-refractivity contribution >= 4 is 34.0 Å². The van der Waals surface area contributed by atoms with Crippen LogP contribution in [-0.2, 0) is 6.42 Å². The zero-order valence-electron chi connectivity index (χ0n) is 22.1. The molecule has 0 aliphatic heterocycles. The van der Waals surface area contributed by atoms with E-state index in [1.165, 1.54) is 51.0 Å². The van der Waals surface area contributed by atoms with Gasteiger partial charge in [0.1, 0.15) is 11.6 Å². The van der Waals surface area contributed by atoms with Crippen LogP contribution in [0.15, 0.2) is 48.5 Å². The van der Waals surface area contributed by atoms with Gasteiger partial charge < -0.3 is 4.98 Å². The number of hydrogen-bond donors (Lipinski definition) is 1. The van der Waals surface area contributed by atoms with E-state index in [0.29, 0.717) is 15.9 Å². The highest BCUT2D eigenvalue weighted by Gasteiger charge is 2.20. The lowest BCUT2D eigenvalue weighted by Gasteiger charge is -2.13. The van der Waals surface area contributed by atoms with Crippen LogP contribution in [-0.4, -0.2) is 9.97 Å². The fourth-order valence-electron chi connectivity index (χ4n) is 5.04. The molecule has 1 aromatic heterocycles. The molecule has 0 spiro atoms. The van der Waals surface area contributed by atoms with Crippen LogP contribution in [0.1, 0.15) is 89.3 Å². The third kappa shape index (κ3) is 6.94. The van der Waals surface area contributed by atoms with E-state index in [0.717, 1.165) is 51.7 Å². The molecule has 0 fully saturated rings. The number of rotatable bonds is 12. The summed E-state index contributed by atoms with van der Waals surface area (Å²) in [4.78, 5) is 8.61. The summed E-state index contributed by atoms with van der Waals surface area (Å²) in [7, 11) is 0. The molecule has 0 saturated heterocycles. The third-order valence-electron chi connectivity index (χ3n) is 7.09. The Morgan fingerprint density at radius 1 is 0.811 bits per heavy atom. The molecule has 1 heterocycles. The largest absolute Gasteiger partial charge is 0.341 e. The molecule has 0 aliphatic rings. The highest BCUT2D eigenvalue weighted by atomic mass is 35.5. The molecule has 0 amide bonds. The first-order valence-electron chi connectivity index (χ1n) is 13.6. The van der Waals surface area contributed by atoms with Crippen LogP contribution >= 0.6 is 23.2 Å². The van der Waals surface area contributed by atoms with Crippen molar-refractivity contribution in [3.63, 3.8) is 0 Å². The van der Waals surface area contributed by atoms with Crippen molar-refractivity contribution in [1.29, 1.82) is 0 Å². The summed E-state index contributed by atoms with van der Waals surface area (Å²) in [5.74, 6) is 0.716. The molecule has 0 saturated carbocycles. The Morgan fingerprint density at radius 3 is 2.27 bits per heavy atom. The number of halogens is 3. The van der Waals surface area contributed by atoms with Crippen LogP contribution in [0.5, 0.6) is 0 Å². The van der Waals surface area contributed by atoms with Crippen LogP contribution < -0.4 is 0 Å². The number of imidazole rings is 1. The standard InChI is InChI=1S/C32H37Cl2FN2/c1-4-5-6-7-8-9-10-11-12-30-31(27-20-25(35)15-16-26(27)21(2)3)37-32(36-30)28-18-22-13-14-24(33)17-23(22)19-29(28)34/h13-21H,4-12H2,1-3H3,(H,36,37). The lowest BCUT2D eigenvalue weighted by molar-refractivity contribution is 0.574. The Morgan fingerprint density at radius 2 is 1.54 bits per heavy atom. The second kappa shape index (κ2) is 12.9. The minimum absolute atomic E-state index is 0.248. The summed E-state index contributed by atoms with van der Waals surface area (Å²) in [6, 6.07) is 14.8. The van der Waals surface area contributed by atoms with E-state index in [4.69, 9.17) is 28.2 Å². The Hall–Kier alpha value is -2.36. The van der Waals surface area contributed by atoms with Gasteiger partial charge in [0, 0.05) is 21.8 Å². The van der Waals surface area contributed by atoms with Crippen molar-refractivity contribution in [2.45, 2.75) is 84.5 Å². The summed E-state index contributed by atoms with van der Waals surface area (Å²) in [6.45, 7) is 6.52. The topological polar surface area (TPSA) is 28.7 Å². The minimum atomic E-state index is -0.248. The van der Waals surface area contributed by atoms with E-state index >= 15 is 0 Å². The van der Waals surface area contributed by atoms with Crippen molar-refractivity contribution in [1.82, 2.24) is 9.97 Å². The average Bonchev–Trinajstić information content (AvgIpc) is 3.28. The number of nitrogens with zero attached hydrogens (tertiary/aromatic N) is 1.